The Bertz CT molecular complexity index is 1470. The zero-order valence-corrected chi connectivity index (χ0v) is 21.9. The minimum Gasteiger partial charge on any atom is -0.508 e. The molecule has 0 aliphatic carbocycles. The van der Waals surface area contributed by atoms with Crippen molar-refractivity contribution < 1.29 is 59.2 Å². The van der Waals surface area contributed by atoms with Gasteiger partial charge in [-0.05, 0) is 41.5 Å². The van der Waals surface area contributed by atoms with Crippen molar-refractivity contribution in [1.82, 2.24) is 0 Å². The number of carbonyl (C=O) groups excluding carboxylic acids is 2. The smallest absolute Gasteiger partial charge is 0.330 e. The number of benzene rings is 3. The van der Waals surface area contributed by atoms with E-state index in [2.05, 4.69) is 0 Å². The fourth-order valence-corrected chi connectivity index (χ4v) is 4.61. The zero-order valence-electron chi connectivity index (χ0n) is 21.9. The van der Waals surface area contributed by atoms with E-state index in [0.29, 0.717) is 11.1 Å². The van der Waals surface area contributed by atoms with Crippen molar-refractivity contribution in [3.05, 3.63) is 83.4 Å². The fourth-order valence-electron chi connectivity index (χ4n) is 4.61. The monoisotopic (exact) mass is 580 g/mol. The number of hydrogen-bond donors (Lipinski definition) is 6. The van der Waals surface area contributed by atoms with E-state index in [1.807, 2.05) is 0 Å². The number of ether oxygens (including phenoxy) is 4. The number of phenolic OH excluding ortho intramolecular Hbond substituents is 3. The number of aliphatic hydroxyl groups is 3. The van der Waals surface area contributed by atoms with Crippen molar-refractivity contribution in [2.45, 2.75) is 43.2 Å². The van der Waals surface area contributed by atoms with E-state index < -0.39 is 55.1 Å². The van der Waals surface area contributed by atoms with Crippen molar-refractivity contribution in [2.24, 2.45) is 0 Å². The summed E-state index contributed by atoms with van der Waals surface area (Å²) in [7, 11) is 0. The van der Waals surface area contributed by atoms with Crippen LogP contribution in [0.5, 0.6) is 28.7 Å². The second kappa shape index (κ2) is 12.1. The summed E-state index contributed by atoms with van der Waals surface area (Å²) >= 11 is 0. The molecule has 0 bridgehead atoms. The number of fused-ring (bicyclic) bond motifs is 1. The maximum atomic E-state index is 12.8. The van der Waals surface area contributed by atoms with E-state index >= 15 is 0 Å². The van der Waals surface area contributed by atoms with Crippen molar-refractivity contribution in [2.75, 3.05) is 6.61 Å². The lowest BCUT2D eigenvalue weighted by molar-refractivity contribution is -0.278. The Hall–Kier alpha value is -4.62. The average Bonchev–Trinajstić information content (AvgIpc) is 2.96. The first-order valence-corrected chi connectivity index (χ1v) is 12.9. The molecule has 0 spiro atoms. The van der Waals surface area contributed by atoms with Crippen LogP contribution in [-0.4, -0.2) is 79.7 Å². The topological polar surface area (TPSA) is 192 Å². The van der Waals surface area contributed by atoms with E-state index in [9.17, 15) is 40.2 Å². The van der Waals surface area contributed by atoms with E-state index in [4.69, 9.17) is 18.9 Å². The van der Waals surface area contributed by atoms with Gasteiger partial charge in [0.15, 0.2) is 5.78 Å². The Balaban J connectivity index is 1.26. The minimum atomic E-state index is -1.73. The van der Waals surface area contributed by atoms with Crippen LogP contribution in [0.4, 0.5) is 0 Å². The second-order valence-electron chi connectivity index (χ2n) is 9.83. The standard InChI is InChI=1S/C30H28O12/c31-17-6-1-15(2-7-17)3-10-25(35)39-14-24-27(36)28(37)29(38)30(42-24)40-19-11-20(33)26-21(34)13-22(41-23(26)12-19)16-4-8-18(32)9-5-16/h1-12,22,24,27-33,36-38H,13-14H2/b10-3+/t22?,24?,27-,28-,29?,30-/m1/s1. The Morgan fingerprint density at radius 3 is 2.26 bits per heavy atom. The maximum absolute atomic E-state index is 12.8. The van der Waals surface area contributed by atoms with Crippen LogP contribution in [-0.2, 0) is 14.3 Å². The molecule has 0 saturated carbocycles. The van der Waals surface area contributed by atoms with Crippen LogP contribution in [0.1, 0.15) is 34.0 Å². The molecule has 6 N–H and O–H groups in total. The van der Waals surface area contributed by atoms with E-state index in [0.717, 1.165) is 12.1 Å². The van der Waals surface area contributed by atoms with E-state index in [1.54, 1.807) is 24.3 Å². The first kappa shape index (κ1) is 28.9. The third-order valence-corrected chi connectivity index (χ3v) is 6.85. The van der Waals surface area contributed by atoms with Gasteiger partial charge in [-0.1, -0.05) is 24.3 Å². The highest BCUT2D eigenvalue weighted by Crippen LogP contribution is 2.42. The second-order valence-corrected chi connectivity index (χ2v) is 9.83. The number of esters is 1. The molecule has 0 amide bonds. The summed E-state index contributed by atoms with van der Waals surface area (Å²) in [4.78, 5) is 25.0. The van der Waals surface area contributed by atoms with Crippen LogP contribution >= 0.6 is 0 Å². The summed E-state index contributed by atoms with van der Waals surface area (Å²) < 4.78 is 22.3. The third kappa shape index (κ3) is 6.31. The lowest BCUT2D eigenvalue weighted by Gasteiger charge is -2.40. The van der Waals surface area contributed by atoms with Crippen molar-refractivity contribution in [3.63, 3.8) is 0 Å². The van der Waals surface area contributed by atoms with Gasteiger partial charge in [-0.15, -0.1) is 0 Å². The molecular formula is C30H28O12. The molecule has 2 aliphatic heterocycles. The number of phenols is 3. The molecule has 0 aromatic heterocycles. The van der Waals surface area contributed by atoms with Crippen LogP contribution in [0.25, 0.3) is 6.08 Å². The first-order valence-electron chi connectivity index (χ1n) is 12.9. The van der Waals surface area contributed by atoms with Gasteiger partial charge < -0.3 is 49.6 Å². The molecule has 3 aromatic rings. The predicted molar refractivity (Wildman–Crippen MR) is 144 cm³/mol. The number of carbonyl (C=O) groups is 2. The number of aliphatic hydroxyl groups excluding tert-OH is 3. The Morgan fingerprint density at radius 2 is 1.57 bits per heavy atom. The molecule has 5 rings (SSSR count). The summed E-state index contributed by atoms with van der Waals surface area (Å²) in [5, 5.41) is 60.7. The highest BCUT2D eigenvalue weighted by atomic mass is 16.7. The van der Waals surface area contributed by atoms with Gasteiger partial charge in [-0.2, -0.15) is 0 Å². The van der Waals surface area contributed by atoms with Crippen LogP contribution in [0.2, 0.25) is 0 Å². The van der Waals surface area contributed by atoms with Gasteiger partial charge in [0, 0.05) is 18.2 Å². The Morgan fingerprint density at radius 1 is 0.905 bits per heavy atom. The van der Waals surface area contributed by atoms with Gasteiger partial charge in [0.2, 0.25) is 6.29 Å². The lowest BCUT2D eigenvalue weighted by atomic mass is 9.95. The summed E-state index contributed by atoms with van der Waals surface area (Å²) in [6.45, 7) is -0.495. The van der Waals surface area contributed by atoms with E-state index in [-0.39, 0.29) is 40.8 Å². The molecule has 220 valence electrons. The van der Waals surface area contributed by atoms with Crippen molar-refractivity contribution in [1.29, 1.82) is 0 Å². The molecule has 2 aliphatic rings. The minimum absolute atomic E-state index is 0.0103. The van der Waals surface area contributed by atoms with Crippen LogP contribution in [0.3, 0.4) is 0 Å². The largest absolute Gasteiger partial charge is 0.508 e. The SMILES string of the molecule is O=C(/C=C/c1ccc(O)cc1)OCC1O[C@@H](Oc2cc(O)c3c(c2)OC(c2ccc(O)cc2)CC3=O)C(O)[C@H](O)[C@@H]1O. The maximum Gasteiger partial charge on any atom is 0.330 e. The van der Waals surface area contributed by atoms with Gasteiger partial charge in [-0.25, -0.2) is 4.79 Å². The van der Waals surface area contributed by atoms with Crippen LogP contribution in [0, 0.1) is 0 Å². The zero-order chi connectivity index (χ0) is 30.0. The summed E-state index contributed by atoms with van der Waals surface area (Å²) in [5.74, 6) is -1.55. The molecule has 42 heavy (non-hydrogen) atoms. The number of hydrogen-bond acceptors (Lipinski definition) is 12. The molecule has 3 aromatic carbocycles. The summed E-state index contributed by atoms with van der Waals surface area (Å²) in [5.41, 5.74) is 1.19. The normalized spacial score (nSPS) is 25.5. The van der Waals surface area contributed by atoms with Crippen LogP contribution in [0.15, 0.2) is 66.7 Å². The van der Waals surface area contributed by atoms with Gasteiger partial charge in [0.1, 0.15) is 71.4 Å². The molecule has 1 saturated heterocycles. The van der Waals surface area contributed by atoms with Crippen molar-refractivity contribution in [3.8, 4) is 28.7 Å². The highest BCUT2D eigenvalue weighted by Gasteiger charge is 2.45. The number of aromatic hydroxyl groups is 3. The Kier molecular flexibility index (Phi) is 8.31. The fraction of sp³-hybridized carbons (Fsp3) is 0.267. The van der Waals surface area contributed by atoms with Gasteiger partial charge in [-0.3, -0.25) is 4.79 Å². The van der Waals surface area contributed by atoms with E-state index in [1.165, 1.54) is 36.4 Å². The van der Waals surface area contributed by atoms with Gasteiger partial charge in [0.25, 0.3) is 0 Å². The molecule has 3 unspecified atom stereocenters. The molecule has 1 fully saturated rings. The predicted octanol–water partition coefficient (Wildman–Crippen LogP) is 1.95. The average molecular weight is 581 g/mol. The lowest BCUT2D eigenvalue weighted by Crippen LogP contribution is -2.60. The third-order valence-electron chi connectivity index (χ3n) is 6.85. The number of Topliss-reactive ketones (excluding diaryl/α,β-unsaturated/α-hetero) is 1. The highest BCUT2D eigenvalue weighted by molar-refractivity contribution is 6.02. The molecule has 12 nitrogen and oxygen atoms in total. The number of rotatable bonds is 7. The molecule has 6 atom stereocenters. The molecular weight excluding hydrogens is 552 g/mol. The number of ketones is 1. The summed E-state index contributed by atoms with van der Waals surface area (Å²) in [6.07, 6.45) is -6.12. The molecule has 12 heteroatoms. The molecule has 2 heterocycles. The quantitative estimate of drug-likeness (QED) is 0.176. The summed E-state index contributed by atoms with van der Waals surface area (Å²) in [6, 6.07) is 14.6. The Labute approximate surface area is 239 Å². The van der Waals surface area contributed by atoms with Gasteiger partial charge in [0.05, 0.1) is 6.42 Å². The van der Waals surface area contributed by atoms with Crippen molar-refractivity contribution >= 4 is 17.8 Å². The first-order chi connectivity index (χ1) is 20.1. The van der Waals surface area contributed by atoms with Gasteiger partial charge >= 0.3 is 5.97 Å². The van der Waals surface area contributed by atoms with Crippen LogP contribution < -0.4 is 9.47 Å². The molecule has 0 radical (unpaired) electrons.